The summed E-state index contributed by atoms with van der Waals surface area (Å²) in [6.07, 6.45) is 7.20. The van der Waals surface area contributed by atoms with Crippen LogP contribution in [0.5, 0.6) is 0 Å². The van der Waals surface area contributed by atoms with Crippen LogP contribution in [0.1, 0.15) is 43.1 Å². The molecule has 7 heteroatoms. The van der Waals surface area contributed by atoms with Gasteiger partial charge in [-0.15, -0.1) is 0 Å². The number of aromatic amines is 1. The minimum absolute atomic E-state index is 0.111. The van der Waals surface area contributed by atoms with E-state index in [-0.39, 0.29) is 17.7 Å². The van der Waals surface area contributed by atoms with Crippen molar-refractivity contribution < 1.29 is 9.53 Å². The first-order valence-corrected chi connectivity index (χ1v) is 9.42. The van der Waals surface area contributed by atoms with Gasteiger partial charge in [0, 0.05) is 56.2 Å². The highest BCUT2D eigenvalue weighted by atomic mass is 16.5. The Kier molecular flexibility index (Phi) is 4.97. The Morgan fingerprint density at radius 3 is 2.88 bits per heavy atom. The van der Waals surface area contributed by atoms with E-state index in [1.54, 1.807) is 12.4 Å². The third kappa shape index (κ3) is 3.62. The average Bonchev–Trinajstić information content (AvgIpc) is 3.23. The standard InChI is InChI=1S/C19H25N5O2/c1-13-11-16(18-20-6-7-21-18)23-17(22-13)15-3-2-8-24(12-15)19(25)14-4-9-26-10-5-14/h6-7,11,14-15H,2-5,8-10,12H2,1H3,(H,20,21). The van der Waals surface area contributed by atoms with Crippen LogP contribution in [0, 0.1) is 12.8 Å². The number of likely N-dealkylation sites (tertiary alicyclic amines) is 1. The Bertz CT molecular complexity index is 755. The van der Waals surface area contributed by atoms with Gasteiger partial charge in [-0.3, -0.25) is 4.79 Å². The fourth-order valence-corrected chi connectivity index (χ4v) is 3.89. The number of amides is 1. The summed E-state index contributed by atoms with van der Waals surface area (Å²) >= 11 is 0. The molecular weight excluding hydrogens is 330 g/mol. The van der Waals surface area contributed by atoms with Crippen molar-refractivity contribution in [1.82, 2.24) is 24.8 Å². The fourth-order valence-electron chi connectivity index (χ4n) is 3.89. The quantitative estimate of drug-likeness (QED) is 0.913. The lowest BCUT2D eigenvalue weighted by Crippen LogP contribution is -2.44. The summed E-state index contributed by atoms with van der Waals surface area (Å²) in [7, 11) is 0. The molecule has 0 aromatic carbocycles. The molecule has 2 aromatic heterocycles. The number of nitrogens with zero attached hydrogens (tertiary/aromatic N) is 4. The van der Waals surface area contributed by atoms with Crippen LogP contribution in [0.15, 0.2) is 18.5 Å². The third-order valence-electron chi connectivity index (χ3n) is 5.28. The van der Waals surface area contributed by atoms with E-state index in [1.165, 1.54) is 0 Å². The Hall–Kier alpha value is -2.28. The van der Waals surface area contributed by atoms with Crippen LogP contribution < -0.4 is 0 Å². The lowest BCUT2D eigenvalue weighted by atomic mass is 9.93. The maximum atomic E-state index is 12.9. The number of rotatable bonds is 3. The van der Waals surface area contributed by atoms with Crippen molar-refractivity contribution in [3.05, 3.63) is 30.0 Å². The molecule has 1 N–H and O–H groups in total. The molecule has 26 heavy (non-hydrogen) atoms. The number of hydrogen-bond acceptors (Lipinski definition) is 5. The summed E-state index contributed by atoms with van der Waals surface area (Å²) < 4.78 is 5.39. The van der Waals surface area contributed by atoms with Crippen LogP contribution in [-0.2, 0) is 9.53 Å². The van der Waals surface area contributed by atoms with Gasteiger partial charge in [-0.05, 0) is 38.7 Å². The molecule has 4 rings (SSSR count). The number of ether oxygens (including phenoxy) is 1. The fraction of sp³-hybridized carbons (Fsp3) is 0.579. The zero-order valence-electron chi connectivity index (χ0n) is 15.1. The van der Waals surface area contributed by atoms with Crippen molar-refractivity contribution in [1.29, 1.82) is 0 Å². The van der Waals surface area contributed by atoms with Crippen LogP contribution in [0.3, 0.4) is 0 Å². The lowest BCUT2D eigenvalue weighted by Gasteiger charge is -2.35. The molecule has 0 saturated carbocycles. The number of H-pyrrole nitrogens is 1. The summed E-state index contributed by atoms with van der Waals surface area (Å²) in [6.45, 7) is 4.91. The monoisotopic (exact) mass is 355 g/mol. The maximum absolute atomic E-state index is 12.9. The number of aromatic nitrogens is 4. The highest BCUT2D eigenvalue weighted by Crippen LogP contribution is 2.28. The molecule has 2 fully saturated rings. The summed E-state index contributed by atoms with van der Waals surface area (Å²) in [5.74, 6) is 2.14. The topological polar surface area (TPSA) is 84.0 Å². The molecule has 0 radical (unpaired) electrons. The molecule has 0 bridgehead atoms. The number of carbonyl (C=O) groups excluding carboxylic acids is 1. The van der Waals surface area contributed by atoms with Gasteiger partial charge >= 0.3 is 0 Å². The first kappa shape index (κ1) is 17.1. The van der Waals surface area contributed by atoms with E-state index >= 15 is 0 Å². The Morgan fingerprint density at radius 2 is 2.12 bits per heavy atom. The Morgan fingerprint density at radius 1 is 1.27 bits per heavy atom. The first-order chi connectivity index (χ1) is 12.7. The molecular formula is C19H25N5O2. The predicted octanol–water partition coefficient (Wildman–Crippen LogP) is 2.31. The molecule has 1 unspecified atom stereocenters. The van der Waals surface area contributed by atoms with Crippen molar-refractivity contribution in [3.8, 4) is 11.5 Å². The van der Waals surface area contributed by atoms with Crippen molar-refractivity contribution >= 4 is 5.91 Å². The van der Waals surface area contributed by atoms with Crippen molar-refractivity contribution in [3.63, 3.8) is 0 Å². The first-order valence-electron chi connectivity index (χ1n) is 9.42. The highest BCUT2D eigenvalue weighted by molar-refractivity contribution is 5.79. The molecule has 7 nitrogen and oxygen atoms in total. The van der Waals surface area contributed by atoms with E-state index in [0.29, 0.717) is 19.8 Å². The number of carbonyl (C=O) groups is 1. The normalized spacial score (nSPS) is 21.7. The van der Waals surface area contributed by atoms with Crippen molar-refractivity contribution in [2.45, 2.75) is 38.5 Å². The highest BCUT2D eigenvalue weighted by Gasteiger charge is 2.31. The second-order valence-electron chi connectivity index (χ2n) is 7.20. The lowest BCUT2D eigenvalue weighted by molar-refractivity contribution is -0.139. The Balaban J connectivity index is 1.51. The molecule has 0 spiro atoms. The molecule has 138 valence electrons. The van der Waals surface area contributed by atoms with Crippen LogP contribution in [0.25, 0.3) is 11.5 Å². The average molecular weight is 355 g/mol. The number of imidazole rings is 1. The van der Waals surface area contributed by atoms with Gasteiger partial charge in [-0.25, -0.2) is 15.0 Å². The summed E-state index contributed by atoms with van der Waals surface area (Å²) in [5.41, 5.74) is 1.74. The zero-order valence-corrected chi connectivity index (χ0v) is 15.1. The molecule has 1 atom stereocenters. The van der Waals surface area contributed by atoms with E-state index in [4.69, 9.17) is 9.72 Å². The largest absolute Gasteiger partial charge is 0.381 e. The summed E-state index contributed by atoms with van der Waals surface area (Å²) in [4.78, 5) is 31.7. The molecule has 1 amide bonds. The maximum Gasteiger partial charge on any atom is 0.225 e. The van der Waals surface area contributed by atoms with Gasteiger partial charge in [0.15, 0.2) is 5.82 Å². The number of nitrogens with one attached hydrogen (secondary N) is 1. The molecule has 2 saturated heterocycles. The summed E-state index contributed by atoms with van der Waals surface area (Å²) in [5, 5.41) is 0. The molecule has 0 aliphatic carbocycles. The Labute approximate surface area is 153 Å². The van der Waals surface area contributed by atoms with E-state index < -0.39 is 0 Å². The molecule has 2 aliphatic heterocycles. The van der Waals surface area contributed by atoms with Crippen LogP contribution in [0.2, 0.25) is 0 Å². The molecule has 2 aliphatic rings. The van der Waals surface area contributed by atoms with E-state index in [9.17, 15) is 4.79 Å². The second-order valence-corrected chi connectivity index (χ2v) is 7.20. The van der Waals surface area contributed by atoms with Crippen molar-refractivity contribution in [2.75, 3.05) is 26.3 Å². The SMILES string of the molecule is Cc1cc(-c2ncc[nH]2)nc(C2CCCN(C(=O)C3CCOCC3)C2)n1. The minimum atomic E-state index is 0.111. The van der Waals surface area contributed by atoms with Gasteiger partial charge in [0.25, 0.3) is 0 Å². The zero-order chi connectivity index (χ0) is 17.9. The number of hydrogen-bond donors (Lipinski definition) is 1. The van der Waals surface area contributed by atoms with Crippen LogP contribution >= 0.6 is 0 Å². The van der Waals surface area contributed by atoms with Gasteiger partial charge in [0.1, 0.15) is 11.5 Å². The minimum Gasteiger partial charge on any atom is -0.381 e. The smallest absolute Gasteiger partial charge is 0.225 e. The van der Waals surface area contributed by atoms with E-state index in [1.807, 2.05) is 17.9 Å². The summed E-state index contributed by atoms with van der Waals surface area (Å²) in [6, 6.07) is 1.94. The van der Waals surface area contributed by atoms with Crippen LogP contribution in [-0.4, -0.2) is 57.0 Å². The van der Waals surface area contributed by atoms with Crippen molar-refractivity contribution in [2.24, 2.45) is 5.92 Å². The number of aryl methyl sites for hydroxylation is 1. The van der Waals surface area contributed by atoms with Gasteiger partial charge < -0.3 is 14.6 Å². The van der Waals surface area contributed by atoms with Gasteiger partial charge in [0.2, 0.25) is 5.91 Å². The van der Waals surface area contributed by atoms with E-state index in [2.05, 4.69) is 15.0 Å². The van der Waals surface area contributed by atoms with Gasteiger partial charge in [0.05, 0.1) is 0 Å². The second kappa shape index (κ2) is 7.53. The van der Waals surface area contributed by atoms with E-state index in [0.717, 1.165) is 55.3 Å². The molecule has 4 heterocycles. The van der Waals surface area contributed by atoms with Gasteiger partial charge in [-0.1, -0.05) is 0 Å². The predicted molar refractivity (Wildman–Crippen MR) is 96.4 cm³/mol. The third-order valence-corrected chi connectivity index (χ3v) is 5.28. The van der Waals surface area contributed by atoms with Crippen LogP contribution in [0.4, 0.5) is 0 Å². The molecule has 2 aromatic rings. The van der Waals surface area contributed by atoms with Gasteiger partial charge in [-0.2, -0.15) is 0 Å². The number of piperidine rings is 1.